The smallest absolute Gasteiger partial charge is 0.352 e. The fourth-order valence-electron chi connectivity index (χ4n) is 0.551. The van der Waals surface area contributed by atoms with Gasteiger partial charge >= 0.3 is 5.97 Å². The normalized spacial score (nSPS) is 9.20. The molecule has 1 aromatic rings. The molecule has 1 heterocycles. The van der Waals surface area contributed by atoms with E-state index < -0.39 is 5.97 Å². The Labute approximate surface area is 63.1 Å². The number of nitrogens with zero attached hydrogens (tertiary/aromatic N) is 1. The SMILES string of the molecule is O=C(O)c1ncccc1[S-]. The van der Waals surface area contributed by atoms with Gasteiger partial charge in [0.15, 0.2) is 0 Å². The summed E-state index contributed by atoms with van der Waals surface area (Å²) in [5.41, 5.74) is -0.0579. The molecule has 0 aliphatic carbocycles. The van der Waals surface area contributed by atoms with E-state index in [2.05, 4.69) is 17.6 Å². The highest BCUT2D eigenvalue weighted by Crippen LogP contribution is 2.02. The zero-order chi connectivity index (χ0) is 7.56. The van der Waals surface area contributed by atoms with Crippen molar-refractivity contribution in [1.29, 1.82) is 0 Å². The standard InChI is InChI=1S/C6H5NO2S/c8-6(9)5-4(10)2-1-3-7-5/h1-3,10H,(H,8,9)/p-1. The first-order valence-electron chi connectivity index (χ1n) is 2.57. The number of pyridine rings is 1. The summed E-state index contributed by atoms with van der Waals surface area (Å²) in [6.45, 7) is 0. The van der Waals surface area contributed by atoms with Crippen molar-refractivity contribution in [3.8, 4) is 0 Å². The lowest BCUT2D eigenvalue weighted by Crippen LogP contribution is -2.01. The molecule has 0 amide bonds. The molecule has 0 fully saturated rings. The Kier molecular flexibility index (Phi) is 1.82. The molecular formula is C6H4NO2S-. The number of aromatic carboxylic acids is 1. The fraction of sp³-hybridized carbons (Fsp3) is 0. The van der Waals surface area contributed by atoms with Crippen molar-refractivity contribution in [2.45, 2.75) is 4.90 Å². The van der Waals surface area contributed by atoms with E-state index in [1.807, 2.05) is 0 Å². The maximum atomic E-state index is 10.3. The predicted molar refractivity (Wildman–Crippen MR) is 36.8 cm³/mol. The molecule has 0 aliphatic heterocycles. The lowest BCUT2D eigenvalue weighted by Gasteiger charge is -2.06. The van der Waals surface area contributed by atoms with E-state index in [1.165, 1.54) is 12.3 Å². The molecule has 0 aliphatic rings. The van der Waals surface area contributed by atoms with Gasteiger partial charge in [-0.15, -0.1) is 4.90 Å². The molecule has 0 saturated carbocycles. The zero-order valence-corrected chi connectivity index (χ0v) is 5.76. The molecule has 0 radical (unpaired) electrons. The Morgan fingerprint density at radius 2 is 2.40 bits per heavy atom. The number of hydrogen-bond donors (Lipinski definition) is 1. The van der Waals surface area contributed by atoms with E-state index >= 15 is 0 Å². The summed E-state index contributed by atoms with van der Waals surface area (Å²) in [7, 11) is 0. The van der Waals surface area contributed by atoms with Crippen LogP contribution in [0.5, 0.6) is 0 Å². The minimum absolute atomic E-state index is 0.0579. The van der Waals surface area contributed by atoms with Crippen LogP contribution >= 0.6 is 0 Å². The number of carboxylic acid groups (broad SMARTS) is 1. The zero-order valence-electron chi connectivity index (χ0n) is 4.94. The number of rotatable bonds is 1. The number of carbonyl (C=O) groups is 1. The highest BCUT2D eigenvalue weighted by Gasteiger charge is 2.00. The summed E-state index contributed by atoms with van der Waals surface area (Å²) in [5.74, 6) is -1.08. The van der Waals surface area contributed by atoms with Crippen LogP contribution in [0.1, 0.15) is 10.5 Å². The lowest BCUT2D eigenvalue weighted by atomic mass is 10.3. The van der Waals surface area contributed by atoms with Crippen LogP contribution in [0.4, 0.5) is 0 Å². The molecule has 0 aromatic carbocycles. The van der Waals surface area contributed by atoms with Crippen LogP contribution in [0.15, 0.2) is 23.2 Å². The molecule has 0 bridgehead atoms. The fourth-order valence-corrected chi connectivity index (χ4v) is 0.770. The topological polar surface area (TPSA) is 50.2 Å². The molecule has 1 N–H and O–H groups in total. The van der Waals surface area contributed by atoms with Gasteiger partial charge in [-0.05, 0) is 6.07 Å². The molecule has 3 nitrogen and oxygen atoms in total. The molecule has 0 saturated heterocycles. The summed E-state index contributed by atoms with van der Waals surface area (Å²) in [6.07, 6.45) is 1.40. The summed E-state index contributed by atoms with van der Waals surface area (Å²) in [4.78, 5) is 14.1. The van der Waals surface area contributed by atoms with Gasteiger partial charge in [-0.2, -0.15) is 0 Å². The second-order valence-electron chi connectivity index (χ2n) is 1.66. The van der Waals surface area contributed by atoms with Gasteiger partial charge in [-0.3, -0.25) is 4.98 Å². The Morgan fingerprint density at radius 3 is 2.80 bits per heavy atom. The summed E-state index contributed by atoms with van der Waals surface area (Å²) < 4.78 is 0. The second-order valence-corrected chi connectivity index (χ2v) is 2.10. The number of carboxylic acids is 1. The molecular weight excluding hydrogens is 150 g/mol. The van der Waals surface area contributed by atoms with Crippen LogP contribution < -0.4 is 0 Å². The summed E-state index contributed by atoms with van der Waals surface area (Å²) in [6, 6.07) is 3.14. The van der Waals surface area contributed by atoms with Gasteiger partial charge in [0.25, 0.3) is 0 Å². The van der Waals surface area contributed by atoms with Crippen LogP contribution in [0, 0.1) is 0 Å². The first kappa shape index (κ1) is 6.95. The second kappa shape index (κ2) is 2.62. The van der Waals surface area contributed by atoms with Crippen molar-refractivity contribution in [3.63, 3.8) is 0 Å². The first-order valence-corrected chi connectivity index (χ1v) is 2.98. The maximum absolute atomic E-state index is 10.3. The van der Waals surface area contributed by atoms with Crippen molar-refractivity contribution >= 4 is 18.6 Å². The minimum Gasteiger partial charge on any atom is -0.777 e. The average Bonchev–Trinajstić information content (AvgIpc) is 1.88. The van der Waals surface area contributed by atoms with E-state index in [0.717, 1.165) is 0 Å². The van der Waals surface area contributed by atoms with Crippen LogP contribution in [0.3, 0.4) is 0 Å². The molecule has 1 aromatic heterocycles. The largest absolute Gasteiger partial charge is 0.777 e. The number of hydrogen-bond acceptors (Lipinski definition) is 3. The Bertz CT molecular complexity index is 262. The van der Waals surface area contributed by atoms with Gasteiger partial charge < -0.3 is 17.7 Å². The third kappa shape index (κ3) is 1.22. The molecule has 0 spiro atoms. The van der Waals surface area contributed by atoms with Crippen molar-refractivity contribution in [3.05, 3.63) is 24.0 Å². The van der Waals surface area contributed by atoms with E-state index in [-0.39, 0.29) is 10.6 Å². The monoisotopic (exact) mass is 154 g/mol. The first-order chi connectivity index (χ1) is 4.72. The molecule has 10 heavy (non-hydrogen) atoms. The van der Waals surface area contributed by atoms with E-state index in [9.17, 15) is 4.79 Å². The van der Waals surface area contributed by atoms with Crippen LogP contribution in [-0.4, -0.2) is 16.1 Å². The van der Waals surface area contributed by atoms with Crippen molar-refractivity contribution in [2.24, 2.45) is 0 Å². The van der Waals surface area contributed by atoms with Gasteiger partial charge in [0.2, 0.25) is 0 Å². The Hall–Kier alpha value is -1.16. The van der Waals surface area contributed by atoms with E-state index in [0.29, 0.717) is 0 Å². The minimum atomic E-state index is -1.08. The van der Waals surface area contributed by atoms with Crippen LogP contribution in [0.25, 0.3) is 0 Å². The van der Waals surface area contributed by atoms with Crippen LogP contribution in [-0.2, 0) is 12.6 Å². The third-order valence-electron chi connectivity index (χ3n) is 0.973. The van der Waals surface area contributed by atoms with Gasteiger partial charge in [-0.25, -0.2) is 4.79 Å². The summed E-state index contributed by atoms with van der Waals surface area (Å²) >= 11 is 4.68. The summed E-state index contributed by atoms with van der Waals surface area (Å²) in [5, 5.41) is 8.44. The van der Waals surface area contributed by atoms with Crippen LogP contribution in [0.2, 0.25) is 0 Å². The lowest BCUT2D eigenvalue weighted by molar-refractivity contribution is 0.0686. The van der Waals surface area contributed by atoms with Gasteiger partial charge in [0.1, 0.15) is 5.69 Å². The number of aromatic nitrogens is 1. The molecule has 4 heteroatoms. The van der Waals surface area contributed by atoms with Gasteiger partial charge in [0, 0.05) is 6.20 Å². The average molecular weight is 154 g/mol. The predicted octanol–water partition coefficient (Wildman–Crippen LogP) is 0.686. The molecule has 0 atom stereocenters. The highest BCUT2D eigenvalue weighted by molar-refractivity contribution is 7.58. The van der Waals surface area contributed by atoms with E-state index in [1.54, 1.807) is 6.07 Å². The Morgan fingerprint density at radius 1 is 1.70 bits per heavy atom. The molecule has 52 valence electrons. The van der Waals surface area contributed by atoms with Gasteiger partial charge in [-0.1, -0.05) is 6.07 Å². The maximum Gasteiger partial charge on any atom is 0.352 e. The van der Waals surface area contributed by atoms with Gasteiger partial charge in [0.05, 0.1) is 0 Å². The third-order valence-corrected chi connectivity index (χ3v) is 1.30. The van der Waals surface area contributed by atoms with Crippen molar-refractivity contribution < 1.29 is 9.90 Å². The molecule has 1 rings (SSSR count). The molecule has 0 unspecified atom stereocenters. The Balaban J connectivity index is 3.15. The highest BCUT2D eigenvalue weighted by atomic mass is 32.1. The van der Waals surface area contributed by atoms with Crippen molar-refractivity contribution in [2.75, 3.05) is 0 Å². The van der Waals surface area contributed by atoms with E-state index in [4.69, 9.17) is 5.11 Å². The quantitative estimate of drug-likeness (QED) is 0.604. The van der Waals surface area contributed by atoms with Crippen molar-refractivity contribution in [1.82, 2.24) is 4.98 Å².